The SMILES string of the molecule is COC(=O)C(C)([11CH3])c1ccccc1. The summed E-state index contributed by atoms with van der Waals surface area (Å²) >= 11 is 0. The molecule has 13 heavy (non-hydrogen) atoms. The highest BCUT2D eigenvalue weighted by Gasteiger charge is 2.30. The number of benzene rings is 1. The fourth-order valence-corrected chi connectivity index (χ4v) is 1.23. The molecule has 0 N–H and O–H groups in total. The van der Waals surface area contributed by atoms with Crippen molar-refractivity contribution in [2.24, 2.45) is 0 Å². The summed E-state index contributed by atoms with van der Waals surface area (Å²) in [5, 5.41) is 0. The third-order valence-corrected chi connectivity index (χ3v) is 2.19. The molecule has 1 atom stereocenters. The van der Waals surface area contributed by atoms with E-state index in [1.54, 1.807) is 0 Å². The summed E-state index contributed by atoms with van der Waals surface area (Å²) in [4.78, 5) is 11.4. The number of esters is 1. The molecule has 0 fully saturated rings. The van der Waals surface area contributed by atoms with Crippen LogP contribution in [0.3, 0.4) is 0 Å². The lowest BCUT2D eigenvalue weighted by Gasteiger charge is -2.21. The summed E-state index contributed by atoms with van der Waals surface area (Å²) in [6.45, 7) is 3.71. The Kier molecular flexibility index (Phi) is 2.71. The highest BCUT2D eigenvalue weighted by molar-refractivity contribution is 5.81. The second-order valence-corrected chi connectivity index (χ2v) is 3.48. The Balaban J connectivity index is 3.00. The first kappa shape index (κ1) is 9.78. The summed E-state index contributed by atoms with van der Waals surface area (Å²) in [6.07, 6.45) is 0. The van der Waals surface area contributed by atoms with Gasteiger partial charge in [0.25, 0.3) is 0 Å². The number of methoxy groups -OCH3 is 1. The van der Waals surface area contributed by atoms with Crippen LogP contribution in [-0.4, -0.2) is 13.1 Å². The maximum absolute atomic E-state index is 11.4. The van der Waals surface area contributed by atoms with E-state index in [0.29, 0.717) is 0 Å². The quantitative estimate of drug-likeness (QED) is 0.647. The highest BCUT2D eigenvalue weighted by Crippen LogP contribution is 2.23. The van der Waals surface area contributed by atoms with Crippen molar-refractivity contribution in [1.82, 2.24) is 0 Å². The minimum Gasteiger partial charge on any atom is -0.468 e. The van der Waals surface area contributed by atoms with Gasteiger partial charge in [-0.3, -0.25) is 4.79 Å². The van der Waals surface area contributed by atoms with Crippen molar-refractivity contribution in [3.05, 3.63) is 35.9 Å². The van der Waals surface area contributed by atoms with Crippen LogP contribution in [0.25, 0.3) is 0 Å². The number of hydrogen-bond acceptors (Lipinski definition) is 2. The second kappa shape index (κ2) is 3.60. The van der Waals surface area contributed by atoms with Gasteiger partial charge in [0, 0.05) is 0 Å². The standard InChI is InChI=1S/C11H14O2/c1-11(2,10(12)13-3)9-7-5-4-6-8-9/h4-8H,1-3H3/i1-1. The van der Waals surface area contributed by atoms with Crippen molar-refractivity contribution >= 4 is 5.97 Å². The number of carbonyl (C=O) groups excluding carboxylic acids is 1. The maximum atomic E-state index is 11.4. The van der Waals surface area contributed by atoms with Crippen LogP contribution in [0, 0.1) is 0 Å². The first-order valence-corrected chi connectivity index (χ1v) is 4.23. The van der Waals surface area contributed by atoms with Gasteiger partial charge in [-0.1, -0.05) is 30.3 Å². The minimum absolute atomic E-state index is 0.210. The van der Waals surface area contributed by atoms with E-state index < -0.39 is 5.41 Å². The molecule has 0 saturated heterocycles. The average molecular weight is 177 g/mol. The van der Waals surface area contributed by atoms with Crippen LogP contribution in [-0.2, 0) is 14.9 Å². The third-order valence-electron chi connectivity index (χ3n) is 2.19. The van der Waals surface area contributed by atoms with Crippen molar-refractivity contribution in [1.29, 1.82) is 0 Å². The van der Waals surface area contributed by atoms with E-state index in [-0.39, 0.29) is 5.97 Å². The Morgan fingerprint density at radius 3 is 2.23 bits per heavy atom. The third kappa shape index (κ3) is 1.89. The summed E-state index contributed by atoms with van der Waals surface area (Å²) in [6, 6.07) is 9.62. The molecule has 1 aromatic rings. The Labute approximate surface area is 78.5 Å². The van der Waals surface area contributed by atoms with Gasteiger partial charge < -0.3 is 4.74 Å². The van der Waals surface area contributed by atoms with E-state index in [9.17, 15) is 4.79 Å². The minimum atomic E-state index is -0.560. The van der Waals surface area contributed by atoms with Gasteiger partial charge in [0.2, 0.25) is 0 Å². The van der Waals surface area contributed by atoms with Gasteiger partial charge in [-0.05, 0) is 19.4 Å². The van der Waals surface area contributed by atoms with Crippen molar-refractivity contribution in [2.75, 3.05) is 7.11 Å². The fourth-order valence-electron chi connectivity index (χ4n) is 1.23. The van der Waals surface area contributed by atoms with Crippen LogP contribution in [0.1, 0.15) is 19.4 Å². The molecule has 0 aliphatic carbocycles. The molecule has 0 aliphatic rings. The predicted molar refractivity (Wildman–Crippen MR) is 51.5 cm³/mol. The lowest BCUT2D eigenvalue weighted by Crippen LogP contribution is -2.29. The van der Waals surface area contributed by atoms with Gasteiger partial charge in [-0.15, -0.1) is 0 Å². The summed E-state index contributed by atoms with van der Waals surface area (Å²) in [5.74, 6) is -0.210. The van der Waals surface area contributed by atoms with Gasteiger partial charge in [0.15, 0.2) is 0 Å². The van der Waals surface area contributed by atoms with Gasteiger partial charge >= 0.3 is 5.97 Å². The van der Waals surface area contributed by atoms with Gasteiger partial charge in [-0.2, -0.15) is 0 Å². The van der Waals surface area contributed by atoms with Crippen LogP contribution >= 0.6 is 0 Å². The zero-order valence-electron chi connectivity index (χ0n) is 8.20. The Morgan fingerprint density at radius 2 is 1.77 bits per heavy atom. The Hall–Kier alpha value is -1.31. The smallest absolute Gasteiger partial charge is 0.315 e. The molecule has 70 valence electrons. The number of ether oxygens (including phenoxy) is 1. The van der Waals surface area contributed by atoms with E-state index in [1.165, 1.54) is 7.11 Å². The van der Waals surface area contributed by atoms with E-state index in [2.05, 4.69) is 0 Å². The second-order valence-electron chi connectivity index (χ2n) is 3.48. The molecule has 1 unspecified atom stereocenters. The van der Waals surface area contributed by atoms with Crippen LogP contribution in [0.5, 0.6) is 0 Å². The molecule has 0 heterocycles. The van der Waals surface area contributed by atoms with Crippen molar-refractivity contribution < 1.29 is 9.53 Å². The highest BCUT2D eigenvalue weighted by atomic mass is 16.5. The van der Waals surface area contributed by atoms with Crippen molar-refractivity contribution in [3.8, 4) is 0 Å². The van der Waals surface area contributed by atoms with Crippen LogP contribution in [0.15, 0.2) is 30.3 Å². The number of hydrogen-bond donors (Lipinski definition) is 0. The topological polar surface area (TPSA) is 26.3 Å². The molecule has 0 radical (unpaired) electrons. The van der Waals surface area contributed by atoms with Crippen molar-refractivity contribution in [2.45, 2.75) is 19.3 Å². The lowest BCUT2D eigenvalue weighted by atomic mass is 9.71. The Morgan fingerprint density at radius 1 is 1.23 bits per heavy atom. The largest absolute Gasteiger partial charge is 0.468 e. The van der Waals surface area contributed by atoms with E-state index >= 15 is 0 Å². The summed E-state index contributed by atoms with van der Waals surface area (Å²) in [5.41, 5.74) is 0.414. The molecule has 0 aromatic heterocycles. The molecule has 0 bridgehead atoms. The molecule has 1 rings (SSSR count). The van der Waals surface area contributed by atoms with E-state index in [4.69, 9.17) is 4.74 Å². The summed E-state index contributed by atoms with van der Waals surface area (Å²) in [7, 11) is 1.41. The van der Waals surface area contributed by atoms with Crippen molar-refractivity contribution in [3.63, 3.8) is 0 Å². The monoisotopic (exact) mass is 177 g/mol. The predicted octanol–water partition coefficient (Wildman–Crippen LogP) is 2.14. The average Bonchev–Trinajstić information content (AvgIpc) is 2.18. The zero-order chi connectivity index (χ0) is 9.90. The van der Waals surface area contributed by atoms with Crippen LogP contribution in [0.2, 0.25) is 0 Å². The normalized spacial score (nSPS) is 14.7. The molecule has 0 aliphatic heterocycles. The maximum Gasteiger partial charge on any atom is 0.315 e. The first-order valence-electron chi connectivity index (χ1n) is 4.23. The first-order chi connectivity index (χ1) is 6.09. The van der Waals surface area contributed by atoms with E-state index in [0.717, 1.165) is 5.56 Å². The molecule has 0 spiro atoms. The molecule has 2 nitrogen and oxygen atoms in total. The molecular formula is C11H14O2. The number of rotatable bonds is 2. The molecule has 2 heteroatoms. The van der Waals surface area contributed by atoms with Crippen LogP contribution in [0.4, 0.5) is 0 Å². The van der Waals surface area contributed by atoms with Gasteiger partial charge in [0.05, 0.1) is 12.5 Å². The summed E-state index contributed by atoms with van der Waals surface area (Å²) < 4.78 is 4.73. The van der Waals surface area contributed by atoms with E-state index in [1.807, 2.05) is 44.2 Å². The number of carbonyl (C=O) groups is 1. The van der Waals surface area contributed by atoms with Gasteiger partial charge in [0.1, 0.15) is 0 Å². The molecule has 1 aromatic carbocycles. The van der Waals surface area contributed by atoms with Crippen LogP contribution < -0.4 is 0 Å². The molecule has 0 saturated carbocycles. The zero-order valence-corrected chi connectivity index (χ0v) is 8.20. The lowest BCUT2D eigenvalue weighted by molar-refractivity contribution is -0.146. The molecular weight excluding hydrogens is 163 g/mol. The fraction of sp³-hybridized carbons (Fsp3) is 0.364. The molecule has 0 amide bonds. The van der Waals surface area contributed by atoms with Gasteiger partial charge in [-0.25, -0.2) is 0 Å². The Bertz CT molecular complexity index is 288.